The molecule has 0 radical (unpaired) electrons. The fraction of sp³-hybridized carbons (Fsp3) is 0.833. The number of likely N-dealkylation sites (tertiary alicyclic amines) is 1. The third-order valence-corrected chi connectivity index (χ3v) is 6.19. The van der Waals surface area contributed by atoms with Crippen LogP contribution in [-0.2, 0) is 19.1 Å². The molecule has 2 spiro atoms. The van der Waals surface area contributed by atoms with E-state index in [2.05, 4.69) is 5.32 Å². The van der Waals surface area contributed by atoms with Gasteiger partial charge in [0.05, 0.1) is 13.2 Å². The molecular weight excluding hydrogens is 338 g/mol. The van der Waals surface area contributed by atoms with Crippen molar-refractivity contribution in [3.63, 3.8) is 0 Å². The second-order valence-corrected chi connectivity index (χ2v) is 7.77. The molecule has 0 unspecified atom stereocenters. The van der Waals surface area contributed by atoms with Gasteiger partial charge in [0.25, 0.3) is 5.91 Å². The summed E-state index contributed by atoms with van der Waals surface area (Å²) in [4.78, 5) is 40.5. The van der Waals surface area contributed by atoms with Gasteiger partial charge < -0.3 is 19.7 Å². The van der Waals surface area contributed by atoms with Gasteiger partial charge in [-0.2, -0.15) is 0 Å². The Morgan fingerprint density at radius 3 is 2.31 bits per heavy atom. The lowest BCUT2D eigenvalue weighted by molar-refractivity contribution is -0.187. The first-order valence-corrected chi connectivity index (χ1v) is 9.74. The lowest BCUT2D eigenvalue weighted by atomic mass is 9.82. The maximum absolute atomic E-state index is 12.7. The summed E-state index contributed by atoms with van der Waals surface area (Å²) in [6.45, 7) is 2.55. The summed E-state index contributed by atoms with van der Waals surface area (Å²) in [6.07, 6.45) is 5.94. The number of nitrogens with zero attached hydrogens (tertiary/aromatic N) is 2. The normalized spacial score (nSPS) is 27.4. The number of hydrogen-bond acceptors (Lipinski definition) is 5. The van der Waals surface area contributed by atoms with Crippen LogP contribution in [0, 0.1) is 0 Å². The van der Waals surface area contributed by atoms with Gasteiger partial charge in [0.15, 0.2) is 5.79 Å². The molecule has 144 valence electrons. The monoisotopic (exact) mass is 365 g/mol. The number of piperidine rings is 1. The average molecular weight is 365 g/mol. The third kappa shape index (κ3) is 3.09. The zero-order chi connectivity index (χ0) is 18.2. The van der Waals surface area contributed by atoms with Gasteiger partial charge in [-0.05, 0) is 12.8 Å². The molecule has 26 heavy (non-hydrogen) atoms. The van der Waals surface area contributed by atoms with Crippen LogP contribution in [-0.4, -0.2) is 71.8 Å². The summed E-state index contributed by atoms with van der Waals surface area (Å²) in [5.41, 5.74) is -0.715. The van der Waals surface area contributed by atoms with Crippen molar-refractivity contribution < 1.29 is 23.9 Å². The minimum Gasteiger partial charge on any atom is -0.347 e. The van der Waals surface area contributed by atoms with Crippen molar-refractivity contribution in [3.05, 3.63) is 0 Å². The second-order valence-electron chi connectivity index (χ2n) is 7.77. The summed E-state index contributed by atoms with van der Waals surface area (Å²) in [5.74, 6) is -0.682. The number of amides is 4. The zero-order valence-electron chi connectivity index (χ0n) is 15.1. The Hall–Kier alpha value is -1.67. The molecule has 1 aliphatic carbocycles. The van der Waals surface area contributed by atoms with Crippen molar-refractivity contribution in [2.45, 2.75) is 62.7 Å². The van der Waals surface area contributed by atoms with E-state index in [1.807, 2.05) is 0 Å². The van der Waals surface area contributed by atoms with E-state index in [4.69, 9.17) is 9.47 Å². The van der Waals surface area contributed by atoms with Crippen LogP contribution in [0.4, 0.5) is 4.79 Å². The smallest absolute Gasteiger partial charge is 0.325 e. The van der Waals surface area contributed by atoms with Crippen LogP contribution in [0.25, 0.3) is 0 Å². The molecule has 8 heteroatoms. The lowest BCUT2D eigenvalue weighted by Gasteiger charge is -2.37. The number of imide groups is 1. The Bertz CT molecular complexity index is 586. The van der Waals surface area contributed by atoms with E-state index in [1.165, 1.54) is 4.90 Å². The van der Waals surface area contributed by atoms with Gasteiger partial charge in [0, 0.05) is 38.9 Å². The number of carbonyl (C=O) groups excluding carboxylic acids is 3. The van der Waals surface area contributed by atoms with E-state index >= 15 is 0 Å². The minimum absolute atomic E-state index is 0.0250. The van der Waals surface area contributed by atoms with Gasteiger partial charge >= 0.3 is 6.03 Å². The van der Waals surface area contributed by atoms with E-state index in [1.54, 1.807) is 4.90 Å². The van der Waals surface area contributed by atoms with E-state index in [-0.39, 0.29) is 30.8 Å². The van der Waals surface area contributed by atoms with E-state index in [0.29, 0.717) is 52.0 Å². The fourth-order valence-corrected chi connectivity index (χ4v) is 4.62. The molecule has 0 aromatic heterocycles. The van der Waals surface area contributed by atoms with Crippen molar-refractivity contribution in [2.24, 2.45) is 0 Å². The van der Waals surface area contributed by atoms with Gasteiger partial charge in [-0.25, -0.2) is 4.79 Å². The summed E-state index contributed by atoms with van der Waals surface area (Å²) in [5, 5.41) is 2.88. The molecule has 0 aromatic rings. The first-order valence-electron chi connectivity index (χ1n) is 9.74. The molecule has 4 rings (SSSR count). The minimum atomic E-state index is -0.715. The molecule has 0 atom stereocenters. The molecule has 4 amide bonds. The highest BCUT2D eigenvalue weighted by atomic mass is 16.7. The molecule has 1 saturated carbocycles. The van der Waals surface area contributed by atoms with Crippen LogP contribution >= 0.6 is 0 Å². The number of rotatable bonds is 3. The maximum atomic E-state index is 12.7. The summed E-state index contributed by atoms with van der Waals surface area (Å²) in [6, 6.07) is -0.352. The number of ether oxygens (including phenoxy) is 2. The van der Waals surface area contributed by atoms with Crippen LogP contribution in [0.1, 0.15) is 51.4 Å². The van der Waals surface area contributed by atoms with E-state index in [9.17, 15) is 14.4 Å². The van der Waals surface area contributed by atoms with Gasteiger partial charge in [-0.1, -0.05) is 19.3 Å². The Labute approximate surface area is 153 Å². The number of hydrogen-bond donors (Lipinski definition) is 1. The van der Waals surface area contributed by atoms with Crippen LogP contribution in [0.5, 0.6) is 0 Å². The van der Waals surface area contributed by atoms with E-state index in [0.717, 1.165) is 19.3 Å². The van der Waals surface area contributed by atoms with Crippen molar-refractivity contribution in [1.29, 1.82) is 0 Å². The highest BCUT2D eigenvalue weighted by molar-refractivity contribution is 6.07. The fourth-order valence-electron chi connectivity index (χ4n) is 4.62. The Morgan fingerprint density at radius 2 is 1.65 bits per heavy atom. The SMILES string of the molecule is O=C(CCN1C(=O)NC2(CCCCC2)C1=O)N1CCC2(CC1)OCCO2. The number of urea groups is 1. The zero-order valence-corrected chi connectivity index (χ0v) is 15.1. The highest BCUT2D eigenvalue weighted by Crippen LogP contribution is 2.34. The first-order chi connectivity index (χ1) is 12.5. The van der Waals surface area contributed by atoms with Crippen LogP contribution in [0.3, 0.4) is 0 Å². The number of nitrogens with one attached hydrogen (secondary N) is 1. The Morgan fingerprint density at radius 1 is 1.00 bits per heavy atom. The van der Waals surface area contributed by atoms with Crippen LogP contribution in [0.2, 0.25) is 0 Å². The molecule has 1 N–H and O–H groups in total. The summed E-state index contributed by atoms with van der Waals surface area (Å²) in [7, 11) is 0. The topological polar surface area (TPSA) is 88.2 Å². The quantitative estimate of drug-likeness (QED) is 0.754. The standard InChI is InChI=1S/C18H27N3O5/c22-14(20-10-7-18(8-11-20)25-12-13-26-18)4-9-21-15(23)17(19-16(21)24)5-2-1-3-6-17/h1-13H2,(H,19,24). The molecule has 3 heterocycles. The predicted molar refractivity (Wildman–Crippen MR) is 91.1 cm³/mol. The largest absolute Gasteiger partial charge is 0.347 e. The molecule has 3 saturated heterocycles. The van der Waals surface area contributed by atoms with E-state index < -0.39 is 11.3 Å². The highest BCUT2D eigenvalue weighted by Gasteiger charge is 2.51. The van der Waals surface area contributed by atoms with Gasteiger partial charge in [-0.15, -0.1) is 0 Å². The Balaban J connectivity index is 1.29. The first kappa shape index (κ1) is 17.7. The number of carbonyl (C=O) groups is 3. The van der Waals surface area contributed by atoms with Crippen molar-refractivity contribution >= 4 is 17.8 Å². The molecule has 0 bridgehead atoms. The Kier molecular flexibility index (Phi) is 4.64. The predicted octanol–water partition coefficient (Wildman–Crippen LogP) is 0.997. The molecule has 4 aliphatic rings. The van der Waals surface area contributed by atoms with Gasteiger partial charge in [-0.3, -0.25) is 14.5 Å². The second kappa shape index (κ2) is 6.81. The third-order valence-electron chi connectivity index (χ3n) is 6.19. The molecular formula is C18H27N3O5. The van der Waals surface area contributed by atoms with Gasteiger partial charge in [0.1, 0.15) is 5.54 Å². The summed E-state index contributed by atoms with van der Waals surface area (Å²) < 4.78 is 11.4. The molecule has 4 fully saturated rings. The van der Waals surface area contributed by atoms with Gasteiger partial charge in [0.2, 0.25) is 5.91 Å². The van der Waals surface area contributed by atoms with Crippen molar-refractivity contribution in [3.8, 4) is 0 Å². The van der Waals surface area contributed by atoms with Crippen LogP contribution in [0.15, 0.2) is 0 Å². The van der Waals surface area contributed by atoms with Crippen LogP contribution < -0.4 is 5.32 Å². The van der Waals surface area contributed by atoms with Crippen molar-refractivity contribution in [2.75, 3.05) is 32.8 Å². The molecule has 8 nitrogen and oxygen atoms in total. The maximum Gasteiger partial charge on any atom is 0.325 e. The molecule has 0 aromatic carbocycles. The van der Waals surface area contributed by atoms with Crippen molar-refractivity contribution in [1.82, 2.24) is 15.1 Å². The summed E-state index contributed by atoms with van der Waals surface area (Å²) >= 11 is 0. The average Bonchev–Trinajstić information content (AvgIpc) is 3.18. The lowest BCUT2D eigenvalue weighted by Crippen LogP contribution is -2.49. The molecule has 3 aliphatic heterocycles.